The van der Waals surface area contributed by atoms with Crippen molar-refractivity contribution in [2.75, 3.05) is 24.6 Å². The van der Waals surface area contributed by atoms with Crippen LogP contribution >= 0.6 is 0 Å². The van der Waals surface area contributed by atoms with Crippen molar-refractivity contribution in [3.8, 4) is 5.88 Å². The van der Waals surface area contributed by atoms with Gasteiger partial charge < -0.3 is 14.8 Å². The van der Waals surface area contributed by atoms with Gasteiger partial charge in [-0.1, -0.05) is 0 Å². The Balaban J connectivity index is 0.000000686. The molecule has 1 fully saturated rings. The highest BCUT2D eigenvalue weighted by Crippen LogP contribution is 2.32. The Morgan fingerprint density at radius 1 is 1.41 bits per heavy atom. The van der Waals surface area contributed by atoms with Crippen LogP contribution < -0.4 is 15.5 Å². The van der Waals surface area contributed by atoms with Crippen LogP contribution in [0.2, 0.25) is 0 Å². The van der Waals surface area contributed by atoms with Gasteiger partial charge in [0.25, 0.3) is 0 Å². The van der Waals surface area contributed by atoms with E-state index in [-0.39, 0.29) is 0 Å². The molecule has 1 aliphatic heterocycles. The van der Waals surface area contributed by atoms with Crippen molar-refractivity contribution in [3.63, 3.8) is 0 Å². The van der Waals surface area contributed by atoms with Crippen LogP contribution in [-0.4, -0.2) is 29.9 Å². The van der Waals surface area contributed by atoms with Gasteiger partial charge in [-0.2, -0.15) is 0 Å². The number of anilines is 1. The number of nitrogens with two attached hydrogens (primary N) is 1. The highest BCUT2D eigenvalue weighted by molar-refractivity contribution is 5.60. The predicted octanol–water partition coefficient (Wildman–Crippen LogP) is 1.72. The molecule has 5 nitrogen and oxygen atoms in total. The van der Waals surface area contributed by atoms with Gasteiger partial charge in [-0.3, -0.25) is 0 Å². The average molecular weight is 239 g/mol. The number of hydrogen-bond donors (Lipinski definition) is 2. The standard InChI is InChI=1S/C12H18N2O.H3NO/c1-3-15-12-11(10(2)6-7-13-12)14-8-4-5-9-14;1-2/h6-7H,3-5,8-9H2,1-2H3;2H,1H2. The molecule has 2 rings (SSSR count). The van der Waals surface area contributed by atoms with Gasteiger partial charge in [-0.25, -0.2) is 10.9 Å². The molecular formula is C12H21N3O2. The third kappa shape index (κ3) is 3.31. The SMILES string of the molecule is CCOc1nccc(C)c1N1CCCC1.NO. The summed E-state index contributed by atoms with van der Waals surface area (Å²) < 4.78 is 5.58. The van der Waals surface area contributed by atoms with Crippen LogP contribution in [0.5, 0.6) is 5.88 Å². The van der Waals surface area contributed by atoms with Gasteiger partial charge in [0, 0.05) is 19.3 Å². The Hall–Kier alpha value is -1.33. The van der Waals surface area contributed by atoms with Crippen molar-refractivity contribution >= 4 is 5.69 Å². The number of rotatable bonds is 3. The zero-order valence-corrected chi connectivity index (χ0v) is 10.5. The molecule has 0 aliphatic carbocycles. The lowest BCUT2D eigenvalue weighted by Gasteiger charge is -2.22. The molecule has 2 heterocycles. The molecule has 0 aromatic carbocycles. The van der Waals surface area contributed by atoms with Gasteiger partial charge in [0.05, 0.1) is 6.61 Å². The second kappa shape index (κ2) is 7.09. The number of aromatic nitrogens is 1. The van der Waals surface area contributed by atoms with E-state index < -0.39 is 0 Å². The number of pyridine rings is 1. The van der Waals surface area contributed by atoms with E-state index in [0.29, 0.717) is 6.61 Å². The van der Waals surface area contributed by atoms with E-state index in [0.717, 1.165) is 19.0 Å². The van der Waals surface area contributed by atoms with E-state index in [1.54, 1.807) is 0 Å². The van der Waals surface area contributed by atoms with E-state index in [2.05, 4.69) is 28.8 Å². The van der Waals surface area contributed by atoms with E-state index in [9.17, 15) is 0 Å². The molecular weight excluding hydrogens is 218 g/mol. The van der Waals surface area contributed by atoms with E-state index >= 15 is 0 Å². The second-order valence-electron chi connectivity index (χ2n) is 3.91. The lowest BCUT2D eigenvalue weighted by Crippen LogP contribution is -2.20. The number of ether oxygens (including phenoxy) is 1. The molecule has 0 unspecified atom stereocenters. The summed E-state index contributed by atoms with van der Waals surface area (Å²) in [6.07, 6.45) is 4.37. The van der Waals surface area contributed by atoms with Crippen LogP contribution in [0.15, 0.2) is 12.3 Å². The lowest BCUT2D eigenvalue weighted by molar-refractivity contribution is 0.311. The molecule has 0 spiro atoms. The Kier molecular flexibility index (Phi) is 5.72. The molecule has 1 aromatic rings. The normalized spacial score (nSPS) is 14.2. The minimum absolute atomic E-state index is 0.678. The Morgan fingerprint density at radius 2 is 2.06 bits per heavy atom. The summed E-state index contributed by atoms with van der Waals surface area (Å²) in [7, 11) is 0. The smallest absolute Gasteiger partial charge is 0.237 e. The monoisotopic (exact) mass is 239 g/mol. The topological polar surface area (TPSA) is 71.6 Å². The summed E-state index contributed by atoms with van der Waals surface area (Å²) in [5, 5.41) is 6.50. The molecule has 0 bridgehead atoms. The van der Waals surface area contributed by atoms with Crippen molar-refractivity contribution in [1.29, 1.82) is 0 Å². The zero-order chi connectivity index (χ0) is 12.7. The maximum absolute atomic E-state index is 6.50. The maximum Gasteiger partial charge on any atom is 0.237 e. The van der Waals surface area contributed by atoms with Crippen molar-refractivity contribution in [1.82, 2.24) is 4.98 Å². The van der Waals surface area contributed by atoms with Crippen LogP contribution in [0.3, 0.4) is 0 Å². The fourth-order valence-electron chi connectivity index (χ4n) is 2.09. The Bertz CT molecular complexity index is 339. The van der Waals surface area contributed by atoms with Gasteiger partial charge in [-0.05, 0) is 38.3 Å². The molecule has 0 atom stereocenters. The fourth-order valence-corrected chi connectivity index (χ4v) is 2.09. The van der Waals surface area contributed by atoms with Crippen LogP contribution in [0, 0.1) is 6.92 Å². The first-order valence-corrected chi connectivity index (χ1v) is 5.92. The first-order chi connectivity index (χ1) is 8.33. The second-order valence-corrected chi connectivity index (χ2v) is 3.91. The molecule has 1 aliphatic rings. The van der Waals surface area contributed by atoms with Crippen molar-refractivity contribution in [3.05, 3.63) is 17.8 Å². The molecule has 5 heteroatoms. The third-order valence-corrected chi connectivity index (χ3v) is 2.80. The highest BCUT2D eigenvalue weighted by Gasteiger charge is 2.19. The number of hydrogen-bond acceptors (Lipinski definition) is 5. The molecule has 0 saturated carbocycles. The van der Waals surface area contributed by atoms with Gasteiger partial charge in [0.15, 0.2) is 0 Å². The van der Waals surface area contributed by atoms with E-state index in [1.807, 2.05) is 13.1 Å². The maximum atomic E-state index is 6.50. The first kappa shape index (κ1) is 13.7. The molecule has 1 saturated heterocycles. The van der Waals surface area contributed by atoms with Gasteiger partial charge >= 0.3 is 0 Å². The Labute approximate surface area is 102 Å². The summed E-state index contributed by atoms with van der Waals surface area (Å²) >= 11 is 0. The summed E-state index contributed by atoms with van der Waals surface area (Å²) in [6.45, 7) is 7.06. The number of nitrogens with zero attached hydrogens (tertiary/aromatic N) is 2. The minimum atomic E-state index is 0.678. The lowest BCUT2D eigenvalue weighted by atomic mass is 10.2. The molecule has 96 valence electrons. The molecule has 3 N–H and O–H groups in total. The van der Waals surface area contributed by atoms with Crippen LogP contribution in [-0.2, 0) is 0 Å². The average Bonchev–Trinajstić information content (AvgIpc) is 2.86. The van der Waals surface area contributed by atoms with Crippen molar-refractivity contribution < 1.29 is 9.94 Å². The Morgan fingerprint density at radius 3 is 2.65 bits per heavy atom. The highest BCUT2D eigenvalue weighted by atomic mass is 16.5. The minimum Gasteiger partial charge on any atom is -0.476 e. The van der Waals surface area contributed by atoms with Crippen LogP contribution in [0.4, 0.5) is 5.69 Å². The predicted molar refractivity (Wildman–Crippen MR) is 67.6 cm³/mol. The molecule has 1 aromatic heterocycles. The van der Waals surface area contributed by atoms with Gasteiger partial charge in [0.1, 0.15) is 5.69 Å². The quantitative estimate of drug-likeness (QED) is 0.786. The fraction of sp³-hybridized carbons (Fsp3) is 0.583. The van der Waals surface area contributed by atoms with Crippen molar-refractivity contribution in [2.24, 2.45) is 5.90 Å². The van der Waals surface area contributed by atoms with Crippen LogP contribution in [0.25, 0.3) is 0 Å². The zero-order valence-electron chi connectivity index (χ0n) is 10.5. The van der Waals surface area contributed by atoms with Crippen LogP contribution in [0.1, 0.15) is 25.3 Å². The summed E-state index contributed by atoms with van der Waals surface area (Å²) in [4.78, 5) is 6.69. The molecule has 0 radical (unpaired) electrons. The summed E-state index contributed by atoms with van der Waals surface area (Å²) in [5.41, 5.74) is 2.45. The van der Waals surface area contributed by atoms with Gasteiger partial charge in [-0.15, -0.1) is 0 Å². The van der Waals surface area contributed by atoms with Gasteiger partial charge in [0.2, 0.25) is 5.88 Å². The van der Waals surface area contributed by atoms with E-state index in [4.69, 9.17) is 9.94 Å². The summed E-state index contributed by atoms with van der Waals surface area (Å²) in [6, 6.07) is 2.05. The third-order valence-electron chi connectivity index (χ3n) is 2.80. The van der Waals surface area contributed by atoms with Crippen molar-refractivity contribution in [2.45, 2.75) is 26.7 Å². The summed E-state index contributed by atoms with van der Waals surface area (Å²) in [5.74, 6) is 4.29. The largest absolute Gasteiger partial charge is 0.476 e. The first-order valence-electron chi connectivity index (χ1n) is 5.92. The molecule has 17 heavy (non-hydrogen) atoms. The van der Waals surface area contributed by atoms with E-state index in [1.165, 1.54) is 24.1 Å². The number of aryl methyl sites for hydroxylation is 1. The molecule has 0 amide bonds.